The number of pyridine rings is 1. The van der Waals surface area contributed by atoms with Gasteiger partial charge < -0.3 is 15.5 Å². The van der Waals surface area contributed by atoms with Crippen LogP contribution in [0.5, 0.6) is 0 Å². The Morgan fingerprint density at radius 1 is 1.25 bits per heavy atom. The third-order valence-corrected chi connectivity index (χ3v) is 4.48. The van der Waals surface area contributed by atoms with Crippen LogP contribution in [0.15, 0.2) is 12.1 Å². The first-order valence-electron chi connectivity index (χ1n) is 7.42. The van der Waals surface area contributed by atoms with Crippen molar-refractivity contribution >= 4 is 17.4 Å². The number of anilines is 2. The highest BCUT2D eigenvalue weighted by molar-refractivity contribution is 5.79. The van der Waals surface area contributed by atoms with Crippen LogP contribution in [0.1, 0.15) is 25.0 Å². The number of carbonyl (C=O) groups excluding carboxylic acids is 1. The van der Waals surface area contributed by atoms with Crippen molar-refractivity contribution in [3.05, 3.63) is 17.8 Å². The molecule has 2 fully saturated rings. The van der Waals surface area contributed by atoms with E-state index in [1.807, 2.05) is 24.0 Å². The van der Waals surface area contributed by atoms with Gasteiger partial charge in [0, 0.05) is 32.1 Å². The highest BCUT2D eigenvalue weighted by Gasteiger charge is 2.31. The summed E-state index contributed by atoms with van der Waals surface area (Å²) < 4.78 is 0. The lowest BCUT2D eigenvalue weighted by molar-refractivity contribution is -0.138. The number of hydrogen-bond donors (Lipinski definition) is 1. The first-order chi connectivity index (χ1) is 9.65. The Morgan fingerprint density at radius 2 is 1.95 bits per heavy atom. The van der Waals surface area contributed by atoms with Gasteiger partial charge in [-0.05, 0) is 31.9 Å². The number of amides is 1. The van der Waals surface area contributed by atoms with Crippen molar-refractivity contribution in [1.29, 1.82) is 0 Å². The first-order valence-corrected chi connectivity index (χ1v) is 7.42. The highest BCUT2D eigenvalue weighted by atomic mass is 16.2. The third kappa shape index (κ3) is 2.44. The largest absolute Gasteiger partial charge is 0.397 e. The molecule has 1 aliphatic carbocycles. The lowest BCUT2D eigenvalue weighted by atomic mass is 9.84. The predicted molar refractivity (Wildman–Crippen MR) is 79.5 cm³/mol. The van der Waals surface area contributed by atoms with Crippen molar-refractivity contribution in [2.24, 2.45) is 5.92 Å². The summed E-state index contributed by atoms with van der Waals surface area (Å²) in [5, 5.41) is 0. The van der Waals surface area contributed by atoms with Crippen molar-refractivity contribution < 1.29 is 4.79 Å². The zero-order valence-corrected chi connectivity index (χ0v) is 12.0. The molecule has 1 saturated heterocycles. The molecule has 2 aliphatic rings. The normalized spacial score (nSPS) is 19.9. The summed E-state index contributed by atoms with van der Waals surface area (Å²) >= 11 is 0. The van der Waals surface area contributed by atoms with Crippen molar-refractivity contribution in [3.8, 4) is 0 Å². The van der Waals surface area contributed by atoms with Gasteiger partial charge in [0.1, 0.15) is 5.82 Å². The van der Waals surface area contributed by atoms with Crippen LogP contribution in [0.25, 0.3) is 0 Å². The number of aryl methyl sites for hydroxylation is 1. The Kier molecular flexibility index (Phi) is 3.51. The predicted octanol–water partition coefficient (Wildman–Crippen LogP) is 1.42. The summed E-state index contributed by atoms with van der Waals surface area (Å²) in [6.45, 7) is 5.25. The first kappa shape index (κ1) is 13.2. The van der Waals surface area contributed by atoms with Crippen molar-refractivity contribution in [3.63, 3.8) is 0 Å². The summed E-state index contributed by atoms with van der Waals surface area (Å²) in [6.07, 6.45) is 3.38. The molecule has 1 amide bonds. The molecule has 2 heterocycles. The van der Waals surface area contributed by atoms with Crippen molar-refractivity contribution in [2.45, 2.75) is 26.2 Å². The third-order valence-electron chi connectivity index (χ3n) is 4.48. The van der Waals surface area contributed by atoms with E-state index in [1.165, 1.54) is 6.42 Å². The molecule has 5 nitrogen and oxygen atoms in total. The van der Waals surface area contributed by atoms with Crippen LogP contribution in [0.4, 0.5) is 11.5 Å². The second-order valence-electron chi connectivity index (χ2n) is 5.78. The molecule has 1 aromatic rings. The average Bonchev–Trinajstić information content (AvgIpc) is 2.40. The van der Waals surface area contributed by atoms with E-state index < -0.39 is 0 Å². The standard InChI is InChI=1S/C15H22N4O/c1-11-13(16)5-6-14(17-11)18-7-9-19(10-8-18)15(20)12-3-2-4-12/h5-6,12H,2-4,7-10,16H2,1H3. The van der Waals surface area contributed by atoms with Crippen molar-refractivity contribution in [1.82, 2.24) is 9.88 Å². The summed E-state index contributed by atoms with van der Waals surface area (Å²) in [4.78, 5) is 21.0. The van der Waals surface area contributed by atoms with Gasteiger partial charge in [0.05, 0.1) is 11.4 Å². The molecule has 20 heavy (non-hydrogen) atoms. The van der Waals surface area contributed by atoms with E-state index in [9.17, 15) is 4.79 Å². The van der Waals surface area contributed by atoms with Crippen LogP contribution in [0, 0.1) is 12.8 Å². The topological polar surface area (TPSA) is 62.5 Å². The molecule has 0 aromatic carbocycles. The number of piperazine rings is 1. The van der Waals surface area contributed by atoms with Crippen LogP contribution in [0.2, 0.25) is 0 Å². The maximum Gasteiger partial charge on any atom is 0.225 e. The number of rotatable bonds is 2. The Balaban J connectivity index is 1.60. The fourth-order valence-electron chi connectivity index (χ4n) is 2.80. The molecular weight excluding hydrogens is 252 g/mol. The fraction of sp³-hybridized carbons (Fsp3) is 0.600. The van der Waals surface area contributed by atoms with Gasteiger partial charge >= 0.3 is 0 Å². The molecule has 5 heteroatoms. The fourth-order valence-corrected chi connectivity index (χ4v) is 2.80. The minimum Gasteiger partial charge on any atom is -0.397 e. The Morgan fingerprint density at radius 3 is 2.50 bits per heavy atom. The Hall–Kier alpha value is -1.78. The molecule has 0 spiro atoms. The van der Waals surface area contributed by atoms with E-state index in [4.69, 9.17) is 5.73 Å². The van der Waals surface area contributed by atoms with E-state index >= 15 is 0 Å². The maximum atomic E-state index is 12.2. The molecule has 0 bridgehead atoms. The zero-order valence-electron chi connectivity index (χ0n) is 12.0. The zero-order chi connectivity index (χ0) is 14.1. The Labute approximate surface area is 119 Å². The van der Waals surface area contributed by atoms with Gasteiger partial charge in [-0.2, -0.15) is 0 Å². The molecule has 0 atom stereocenters. The van der Waals surface area contributed by atoms with Crippen LogP contribution in [0.3, 0.4) is 0 Å². The summed E-state index contributed by atoms with van der Waals surface area (Å²) in [5.74, 6) is 1.63. The lowest BCUT2D eigenvalue weighted by Gasteiger charge is -2.38. The molecule has 0 unspecified atom stereocenters. The van der Waals surface area contributed by atoms with Gasteiger partial charge in [0.25, 0.3) is 0 Å². The monoisotopic (exact) mass is 274 g/mol. The summed E-state index contributed by atoms with van der Waals surface area (Å²) in [5.41, 5.74) is 7.40. The van der Waals surface area contributed by atoms with Gasteiger partial charge in [0.15, 0.2) is 0 Å². The quantitative estimate of drug-likeness (QED) is 0.886. The number of hydrogen-bond acceptors (Lipinski definition) is 4. The minimum absolute atomic E-state index is 0.304. The van der Waals surface area contributed by atoms with E-state index in [2.05, 4.69) is 9.88 Å². The van der Waals surface area contributed by atoms with E-state index in [0.29, 0.717) is 11.8 Å². The van der Waals surface area contributed by atoms with E-state index in [0.717, 1.165) is 56.2 Å². The van der Waals surface area contributed by atoms with E-state index in [1.54, 1.807) is 0 Å². The van der Waals surface area contributed by atoms with Gasteiger partial charge in [-0.25, -0.2) is 4.98 Å². The second-order valence-corrected chi connectivity index (χ2v) is 5.78. The van der Waals surface area contributed by atoms with E-state index in [-0.39, 0.29) is 0 Å². The van der Waals surface area contributed by atoms with Gasteiger partial charge in [-0.3, -0.25) is 4.79 Å². The molecular formula is C15H22N4O. The molecule has 108 valence electrons. The van der Waals surface area contributed by atoms with Gasteiger partial charge in [0.2, 0.25) is 5.91 Å². The molecule has 0 radical (unpaired) electrons. The average molecular weight is 274 g/mol. The summed E-state index contributed by atoms with van der Waals surface area (Å²) in [7, 11) is 0. The number of aromatic nitrogens is 1. The number of nitrogen functional groups attached to an aromatic ring is 1. The minimum atomic E-state index is 0.304. The number of carbonyl (C=O) groups is 1. The molecule has 1 saturated carbocycles. The smallest absolute Gasteiger partial charge is 0.225 e. The number of nitrogens with two attached hydrogens (primary N) is 1. The molecule has 2 N–H and O–H groups in total. The van der Waals surface area contributed by atoms with Gasteiger partial charge in [-0.15, -0.1) is 0 Å². The molecule has 1 aliphatic heterocycles. The maximum absolute atomic E-state index is 12.2. The van der Waals surface area contributed by atoms with Crippen LogP contribution < -0.4 is 10.6 Å². The van der Waals surface area contributed by atoms with Crippen LogP contribution in [-0.2, 0) is 4.79 Å². The second kappa shape index (κ2) is 5.31. The van der Waals surface area contributed by atoms with Crippen molar-refractivity contribution in [2.75, 3.05) is 36.8 Å². The highest BCUT2D eigenvalue weighted by Crippen LogP contribution is 2.29. The SMILES string of the molecule is Cc1nc(N2CCN(C(=O)C3CCC3)CC2)ccc1N. The lowest BCUT2D eigenvalue weighted by Crippen LogP contribution is -2.51. The Bertz CT molecular complexity index is 505. The summed E-state index contributed by atoms with van der Waals surface area (Å²) in [6, 6.07) is 3.87. The van der Waals surface area contributed by atoms with Crippen LogP contribution >= 0.6 is 0 Å². The van der Waals surface area contributed by atoms with Gasteiger partial charge in [-0.1, -0.05) is 6.42 Å². The molecule has 3 rings (SSSR count). The van der Waals surface area contributed by atoms with Crippen LogP contribution in [-0.4, -0.2) is 42.0 Å². The molecule has 1 aromatic heterocycles. The number of nitrogens with zero attached hydrogens (tertiary/aromatic N) is 3.